The highest BCUT2D eigenvalue weighted by Gasteiger charge is 2.08. The van der Waals surface area contributed by atoms with Crippen LogP contribution in [0.4, 0.5) is 0 Å². The highest BCUT2D eigenvalue weighted by molar-refractivity contribution is 5.95. The van der Waals surface area contributed by atoms with Crippen LogP contribution in [0, 0.1) is 13.8 Å². The topological polar surface area (TPSA) is 50.4 Å². The van der Waals surface area contributed by atoms with Crippen molar-refractivity contribution in [1.82, 2.24) is 10.6 Å². The molecule has 0 bridgehead atoms. The molecule has 4 nitrogen and oxygen atoms in total. The molecule has 1 aromatic rings. The fraction of sp³-hybridized carbons (Fsp3) is 0.500. The molecular weight excluding hydrogens is 264 g/mol. The summed E-state index contributed by atoms with van der Waals surface area (Å²) in [6.07, 6.45) is 0. The molecule has 19 heavy (non-hydrogen) atoms. The number of ether oxygens (including phenoxy) is 1. The Bertz CT molecular complexity index is 397. The third kappa shape index (κ3) is 6.05. The number of rotatable bonds is 7. The molecule has 0 aromatic heterocycles. The minimum Gasteiger partial charge on any atom is -0.383 e. The van der Waals surface area contributed by atoms with Crippen LogP contribution in [-0.4, -0.2) is 39.3 Å². The van der Waals surface area contributed by atoms with Gasteiger partial charge in [-0.3, -0.25) is 4.79 Å². The number of benzene rings is 1. The number of hydrogen-bond acceptors (Lipinski definition) is 3. The number of methoxy groups -OCH3 is 1. The normalized spacial score (nSPS) is 9.84. The lowest BCUT2D eigenvalue weighted by molar-refractivity contribution is 0.0953. The predicted octanol–water partition coefficient (Wildman–Crippen LogP) is 1.69. The van der Waals surface area contributed by atoms with Crippen LogP contribution in [0.25, 0.3) is 0 Å². The molecule has 1 aromatic carbocycles. The Balaban J connectivity index is 0.00000324. The van der Waals surface area contributed by atoms with E-state index < -0.39 is 0 Å². The van der Waals surface area contributed by atoms with Gasteiger partial charge in [0.05, 0.1) is 6.61 Å². The Labute approximate surface area is 121 Å². The smallest absolute Gasteiger partial charge is 0.251 e. The van der Waals surface area contributed by atoms with Gasteiger partial charge in [-0.15, -0.1) is 12.4 Å². The molecule has 0 saturated carbocycles. The van der Waals surface area contributed by atoms with Crippen molar-refractivity contribution in [2.45, 2.75) is 13.8 Å². The molecule has 2 N–H and O–H groups in total. The van der Waals surface area contributed by atoms with E-state index in [2.05, 4.69) is 10.6 Å². The molecule has 0 aliphatic carbocycles. The average Bonchev–Trinajstić information content (AvgIpc) is 2.36. The Morgan fingerprint density at radius 2 is 1.95 bits per heavy atom. The second-order valence-corrected chi connectivity index (χ2v) is 4.25. The summed E-state index contributed by atoms with van der Waals surface area (Å²) >= 11 is 0. The molecule has 1 rings (SSSR count). The molecule has 0 fully saturated rings. The van der Waals surface area contributed by atoms with Gasteiger partial charge in [-0.2, -0.15) is 0 Å². The second-order valence-electron chi connectivity index (χ2n) is 4.25. The van der Waals surface area contributed by atoms with E-state index in [0.29, 0.717) is 13.2 Å². The van der Waals surface area contributed by atoms with Crippen LogP contribution >= 0.6 is 12.4 Å². The van der Waals surface area contributed by atoms with Crippen molar-refractivity contribution in [2.75, 3.05) is 33.4 Å². The monoisotopic (exact) mass is 286 g/mol. The lowest BCUT2D eigenvalue weighted by Gasteiger charge is -2.10. The van der Waals surface area contributed by atoms with Crippen molar-refractivity contribution < 1.29 is 9.53 Å². The molecule has 0 unspecified atom stereocenters. The molecule has 0 aliphatic heterocycles. The summed E-state index contributed by atoms with van der Waals surface area (Å²) in [7, 11) is 1.67. The number of nitrogens with one attached hydrogen (secondary N) is 2. The van der Waals surface area contributed by atoms with Gasteiger partial charge in [0.25, 0.3) is 5.91 Å². The van der Waals surface area contributed by atoms with Gasteiger partial charge in [-0.1, -0.05) is 12.1 Å². The van der Waals surface area contributed by atoms with Crippen LogP contribution in [0.15, 0.2) is 18.2 Å². The molecule has 0 saturated heterocycles. The van der Waals surface area contributed by atoms with Crippen LogP contribution in [0.2, 0.25) is 0 Å². The SMILES string of the molecule is COCCNCCNC(=O)c1cccc(C)c1C.Cl. The Kier molecular flexibility index (Phi) is 9.21. The minimum absolute atomic E-state index is 0. The Hall–Kier alpha value is -1.10. The third-order valence-corrected chi connectivity index (χ3v) is 2.92. The minimum atomic E-state index is -0.00950. The third-order valence-electron chi connectivity index (χ3n) is 2.92. The van der Waals surface area contributed by atoms with E-state index in [-0.39, 0.29) is 18.3 Å². The lowest BCUT2D eigenvalue weighted by Crippen LogP contribution is -2.33. The number of halogens is 1. The quantitative estimate of drug-likeness (QED) is 0.750. The van der Waals surface area contributed by atoms with Gasteiger partial charge >= 0.3 is 0 Å². The fourth-order valence-corrected chi connectivity index (χ4v) is 1.66. The summed E-state index contributed by atoms with van der Waals surface area (Å²) < 4.78 is 4.92. The number of carbonyl (C=O) groups is 1. The summed E-state index contributed by atoms with van der Waals surface area (Å²) in [6, 6.07) is 5.78. The standard InChI is InChI=1S/C14H22N2O2.ClH/c1-11-5-4-6-13(12(11)2)14(17)16-8-7-15-9-10-18-3;/h4-6,15H,7-10H2,1-3H3,(H,16,17);1H. The second kappa shape index (κ2) is 9.78. The Morgan fingerprint density at radius 1 is 1.21 bits per heavy atom. The van der Waals surface area contributed by atoms with Gasteiger partial charge in [0.1, 0.15) is 0 Å². The van der Waals surface area contributed by atoms with Crippen molar-refractivity contribution >= 4 is 18.3 Å². The largest absolute Gasteiger partial charge is 0.383 e. The first-order valence-corrected chi connectivity index (χ1v) is 6.21. The van der Waals surface area contributed by atoms with Crippen LogP contribution in [0.5, 0.6) is 0 Å². The number of carbonyl (C=O) groups excluding carboxylic acids is 1. The van der Waals surface area contributed by atoms with Crippen molar-refractivity contribution in [3.05, 3.63) is 34.9 Å². The lowest BCUT2D eigenvalue weighted by atomic mass is 10.0. The van der Waals surface area contributed by atoms with E-state index in [1.54, 1.807) is 7.11 Å². The highest BCUT2D eigenvalue weighted by Crippen LogP contribution is 2.12. The number of amides is 1. The van der Waals surface area contributed by atoms with Gasteiger partial charge in [-0.05, 0) is 31.0 Å². The summed E-state index contributed by atoms with van der Waals surface area (Å²) in [6.45, 7) is 6.84. The van der Waals surface area contributed by atoms with Gasteiger partial charge in [0.15, 0.2) is 0 Å². The molecular formula is C14H23ClN2O2. The highest BCUT2D eigenvalue weighted by atomic mass is 35.5. The molecule has 1 amide bonds. The van der Waals surface area contributed by atoms with E-state index >= 15 is 0 Å². The zero-order valence-electron chi connectivity index (χ0n) is 11.8. The van der Waals surface area contributed by atoms with Crippen molar-refractivity contribution in [3.8, 4) is 0 Å². The van der Waals surface area contributed by atoms with E-state index in [1.165, 1.54) is 0 Å². The van der Waals surface area contributed by atoms with E-state index in [9.17, 15) is 4.79 Å². The van der Waals surface area contributed by atoms with E-state index in [1.807, 2.05) is 32.0 Å². The fourth-order valence-electron chi connectivity index (χ4n) is 1.66. The van der Waals surface area contributed by atoms with Crippen molar-refractivity contribution in [3.63, 3.8) is 0 Å². The molecule has 0 heterocycles. The van der Waals surface area contributed by atoms with Crippen LogP contribution in [-0.2, 0) is 4.74 Å². The van der Waals surface area contributed by atoms with Gasteiger partial charge in [-0.25, -0.2) is 0 Å². The first kappa shape index (κ1) is 17.9. The first-order valence-electron chi connectivity index (χ1n) is 6.21. The molecule has 0 aliphatic rings. The predicted molar refractivity (Wildman–Crippen MR) is 80.2 cm³/mol. The zero-order chi connectivity index (χ0) is 13.4. The molecule has 5 heteroatoms. The maximum absolute atomic E-state index is 11.9. The summed E-state index contributed by atoms with van der Waals surface area (Å²) in [5, 5.41) is 6.08. The van der Waals surface area contributed by atoms with Gasteiger partial charge in [0.2, 0.25) is 0 Å². The first-order chi connectivity index (χ1) is 8.66. The average molecular weight is 287 g/mol. The molecule has 108 valence electrons. The number of hydrogen-bond donors (Lipinski definition) is 2. The summed E-state index contributed by atoms with van der Waals surface area (Å²) in [4.78, 5) is 11.9. The molecule has 0 spiro atoms. The summed E-state index contributed by atoms with van der Waals surface area (Å²) in [5.74, 6) is -0.00950. The number of aryl methyl sites for hydroxylation is 1. The van der Waals surface area contributed by atoms with Gasteiger partial charge < -0.3 is 15.4 Å². The van der Waals surface area contributed by atoms with Crippen LogP contribution in [0.3, 0.4) is 0 Å². The maximum Gasteiger partial charge on any atom is 0.251 e. The van der Waals surface area contributed by atoms with Crippen molar-refractivity contribution in [2.24, 2.45) is 0 Å². The van der Waals surface area contributed by atoms with Crippen LogP contribution < -0.4 is 10.6 Å². The van der Waals surface area contributed by atoms with Crippen LogP contribution in [0.1, 0.15) is 21.5 Å². The molecule has 0 radical (unpaired) electrons. The van der Waals surface area contributed by atoms with Crippen molar-refractivity contribution in [1.29, 1.82) is 0 Å². The van der Waals surface area contributed by atoms with E-state index in [0.717, 1.165) is 29.8 Å². The maximum atomic E-state index is 11.9. The molecule has 0 atom stereocenters. The zero-order valence-corrected chi connectivity index (χ0v) is 12.6. The van der Waals surface area contributed by atoms with Gasteiger partial charge in [0, 0.05) is 32.3 Å². The Morgan fingerprint density at radius 3 is 2.63 bits per heavy atom. The van der Waals surface area contributed by atoms with E-state index in [4.69, 9.17) is 4.74 Å². The summed E-state index contributed by atoms with van der Waals surface area (Å²) in [5.41, 5.74) is 2.94.